The van der Waals surface area contributed by atoms with E-state index in [-0.39, 0.29) is 18.4 Å². The summed E-state index contributed by atoms with van der Waals surface area (Å²) in [5.74, 6) is 0.0784. The number of hydrogen-bond acceptors (Lipinski definition) is 2. The molecule has 1 aromatic carbocycles. The van der Waals surface area contributed by atoms with Crippen LogP contribution in [0, 0.1) is 0 Å². The summed E-state index contributed by atoms with van der Waals surface area (Å²) in [7, 11) is 0. The molecule has 16 heavy (non-hydrogen) atoms. The third-order valence-corrected chi connectivity index (χ3v) is 2.11. The van der Waals surface area contributed by atoms with E-state index in [0.717, 1.165) is 19.3 Å². The van der Waals surface area contributed by atoms with Crippen LogP contribution in [0.1, 0.15) is 18.4 Å². The second kappa shape index (κ2) is 9.00. The molecule has 4 nitrogen and oxygen atoms in total. The van der Waals surface area contributed by atoms with Gasteiger partial charge in [-0.3, -0.25) is 10.2 Å². The van der Waals surface area contributed by atoms with Gasteiger partial charge in [0.05, 0.1) is 0 Å². The van der Waals surface area contributed by atoms with Gasteiger partial charge < -0.3 is 5.73 Å². The van der Waals surface area contributed by atoms with Gasteiger partial charge in [-0.25, -0.2) is 5.48 Å². The Labute approximate surface area is 102 Å². The van der Waals surface area contributed by atoms with Crippen molar-refractivity contribution in [2.45, 2.75) is 19.3 Å². The van der Waals surface area contributed by atoms with Gasteiger partial charge in [0.15, 0.2) is 0 Å². The molecule has 5 heteroatoms. The number of aliphatic imine (C=N–C) groups is 1. The zero-order chi connectivity index (χ0) is 10.9. The normalized spacial score (nSPS) is 10.7. The number of guanidine groups is 1. The summed E-state index contributed by atoms with van der Waals surface area (Å²) in [4.78, 5) is 3.91. The number of hydroxylamine groups is 1. The fraction of sp³-hybridized carbons (Fsp3) is 0.364. The molecule has 0 heterocycles. The average Bonchev–Trinajstić information content (AvgIpc) is 2.29. The number of hydrogen-bond donors (Lipinski definition) is 3. The van der Waals surface area contributed by atoms with Gasteiger partial charge in [0.2, 0.25) is 5.96 Å². The molecule has 0 unspecified atom stereocenters. The van der Waals surface area contributed by atoms with Crippen LogP contribution in [0.3, 0.4) is 0 Å². The minimum atomic E-state index is 0. The zero-order valence-corrected chi connectivity index (χ0v) is 9.91. The number of halogens is 1. The van der Waals surface area contributed by atoms with E-state index in [2.05, 4.69) is 17.1 Å². The number of nitrogens with two attached hydrogens (primary N) is 1. The van der Waals surface area contributed by atoms with Crippen LogP contribution in [0.5, 0.6) is 0 Å². The van der Waals surface area contributed by atoms with Crippen molar-refractivity contribution in [2.75, 3.05) is 6.54 Å². The maximum atomic E-state index is 8.36. The second-order valence-electron chi connectivity index (χ2n) is 3.32. The Kier molecular flexibility index (Phi) is 8.29. The van der Waals surface area contributed by atoms with E-state index in [9.17, 15) is 0 Å². The molecule has 0 aliphatic heterocycles. The van der Waals surface area contributed by atoms with Crippen molar-refractivity contribution in [1.82, 2.24) is 5.48 Å². The summed E-state index contributed by atoms with van der Waals surface area (Å²) in [5, 5.41) is 8.36. The van der Waals surface area contributed by atoms with Crippen molar-refractivity contribution in [3.63, 3.8) is 0 Å². The molecule has 4 N–H and O–H groups in total. The largest absolute Gasteiger partial charge is 0.368 e. The Morgan fingerprint density at radius 2 is 1.94 bits per heavy atom. The molecule has 0 bridgehead atoms. The number of benzene rings is 1. The molecular formula is C11H18ClN3O. The van der Waals surface area contributed by atoms with E-state index >= 15 is 0 Å². The van der Waals surface area contributed by atoms with E-state index < -0.39 is 0 Å². The molecule has 0 aliphatic carbocycles. The van der Waals surface area contributed by atoms with Crippen molar-refractivity contribution in [3.8, 4) is 0 Å². The predicted octanol–water partition coefficient (Wildman–Crippen LogP) is 1.72. The molecule has 0 radical (unpaired) electrons. The molecular weight excluding hydrogens is 226 g/mol. The van der Waals surface area contributed by atoms with Gasteiger partial charge in [-0.15, -0.1) is 12.4 Å². The van der Waals surface area contributed by atoms with Crippen molar-refractivity contribution >= 4 is 18.4 Å². The zero-order valence-electron chi connectivity index (χ0n) is 9.10. The lowest BCUT2D eigenvalue weighted by Crippen LogP contribution is -2.28. The number of rotatable bonds is 5. The molecule has 0 aliphatic rings. The molecule has 1 aromatic rings. The molecule has 0 saturated heterocycles. The van der Waals surface area contributed by atoms with Gasteiger partial charge in [-0.1, -0.05) is 30.3 Å². The number of nitrogens with one attached hydrogen (secondary N) is 1. The summed E-state index contributed by atoms with van der Waals surface area (Å²) in [6.07, 6.45) is 3.10. The standard InChI is InChI=1S/C11H17N3O.ClH/c12-11(14-15)13-9-5-4-8-10-6-2-1-3-7-10;/h1-3,6-7,15H,4-5,8-9H2,(H3,12,13,14);1H. The molecule has 90 valence electrons. The van der Waals surface area contributed by atoms with Gasteiger partial charge in [-0.2, -0.15) is 0 Å². The molecule has 0 saturated carbocycles. The summed E-state index contributed by atoms with van der Waals surface area (Å²) in [5.41, 5.74) is 8.40. The van der Waals surface area contributed by atoms with E-state index in [1.165, 1.54) is 5.56 Å². The average molecular weight is 244 g/mol. The van der Waals surface area contributed by atoms with Crippen LogP contribution in [0.25, 0.3) is 0 Å². The molecule has 0 aromatic heterocycles. The highest BCUT2D eigenvalue weighted by atomic mass is 35.5. The number of unbranched alkanes of at least 4 members (excludes halogenated alkanes) is 1. The molecule has 0 atom stereocenters. The smallest absolute Gasteiger partial charge is 0.212 e. The first-order valence-corrected chi connectivity index (χ1v) is 5.07. The first kappa shape index (κ1) is 14.7. The monoisotopic (exact) mass is 243 g/mol. The predicted molar refractivity (Wildman–Crippen MR) is 68.0 cm³/mol. The minimum Gasteiger partial charge on any atom is -0.368 e. The lowest BCUT2D eigenvalue weighted by molar-refractivity contribution is 0.232. The summed E-state index contributed by atoms with van der Waals surface area (Å²) < 4.78 is 0. The lowest BCUT2D eigenvalue weighted by Gasteiger charge is -2.00. The van der Waals surface area contributed by atoms with Crippen LogP contribution in [0.15, 0.2) is 35.3 Å². The number of aryl methyl sites for hydroxylation is 1. The Hall–Kier alpha value is -1.26. The van der Waals surface area contributed by atoms with Gasteiger partial charge in [0.1, 0.15) is 0 Å². The topological polar surface area (TPSA) is 70.6 Å². The maximum absolute atomic E-state index is 8.36. The highest BCUT2D eigenvalue weighted by Gasteiger charge is 1.92. The van der Waals surface area contributed by atoms with E-state index in [0.29, 0.717) is 6.54 Å². The quantitative estimate of drug-likeness (QED) is 0.319. The Morgan fingerprint density at radius 1 is 1.25 bits per heavy atom. The third-order valence-electron chi connectivity index (χ3n) is 2.11. The first-order chi connectivity index (χ1) is 7.33. The summed E-state index contributed by atoms with van der Waals surface area (Å²) >= 11 is 0. The van der Waals surface area contributed by atoms with Crippen molar-refractivity contribution in [1.29, 1.82) is 0 Å². The highest BCUT2D eigenvalue weighted by Crippen LogP contribution is 2.04. The van der Waals surface area contributed by atoms with Gasteiger partial charge >= 0.3 is 0 Å². The van der Waals surface area contributed by atoms with E-state index in [4.69, 9.17) is 10.9 Å². The van der Waals surface area contributed by atoms with Crippen molar-refractivity contribution in [2.24, 2.45) is 10.7 Å². The number of nitrogens with zero attached hydrogens (tertiary/aromatic N) is 1. The lowest BCUT2D eigenvalue weighted by atomic mass is 10.1. The van der Waals surface area contributed by atoms with E-state index in [1.807, 2.05) is 18.2 Å². The fourth-order valence-corrected chi connectivity index (χ4v) is 1.32. The molecule has 0 amide bonds. The SMILES string of the molecule is Cl.NC(=NCCCCc1ccccc1)NO. The van der Waals surface area contributed by atoms with Crippen LogP contribution >= 0.6 is 12.4 Å². The van der Waals surface area contributed by atoms with Crippen molar-refractivity contribution in [3.05, 3.63) is 35.9 Å². The Morgan fingerprint density at radius 3 is 2.56 bits per heavy atom. The second-order valence-corrected chi connectivity index (χ2v) is 3.32. The highest BCUT2D eigenvalue weighted by molar-refractivity contribution is 5.85. The van der Waals surface area contributed by atoms with E-state index in [1.54, 1.807) is 5.48 Å². The molecule has 1 rings (SSSR count). The summed E-state index contributed by atoms with van der Waals surface area (Å²) in [6, 6.07) is 10.3. The summed E-state index contributed by atoms with van der Waals surface area (Å²) in [6.45, 7) is 0.645. The van der Waals surface area contributed by atoms with Crippen molar-refractivity contribution < 1.29 is 5.21 Å². The Balaban J connectivity index is 0.00000225. The Bertz CT molecular complexity index is 303. The first-order valence-electron chi connectivity index (χ1n) is 5.07. The third kappa shape index (κ3) is 6.27. The molecule has 0 fully saturated rings. The van der Waals surface area contributed by atoms with Crippen LogP contribution in [0.4, 0.5) is 0 Å². The van der Waals surface area contributed by atoms with Crippen LogP contribution in [0.2, 0.25) is 0 Å². The maximum Gasteiger partial charge on any atom is 0.212 e. The van der Waals surface area contributed by atoms with Gasteiger partial charge in [-0.05, 0) is 24.8 Å². The van der Waals surface area contributed by atoms with Crippen LogP contribution in [-0.2, 0) is 6.42 Å². The van der Waals surface area contributed by atoms with Crippen LogP contribution in [-0.4, -0.2) is 17.7 Å². The minimum absolute atomic E-state index is 0. The van der Waals surface area contributed by atoms with Gasteiger partial charge in [0.25, 0.3) is 0 Å². The van der Waals surface area contributed by atoms with Crippen LogP contribution < -0.4 is 11.2 Å². The van der Waals surface area contributed by atoms with Gasteiger partial charge in [0, 0.05) is 6.54 Å². The molecule has 0 spiro atoms. The fourth-order valence-electron chi connectivity index (χ4n) is 1.32.